The second-order valence-electron chi connectivity index (χ2n) is 4.14. The first kappa shape index (κ1) is 15.1. The standard InChI is InChI=1S/C11H11BrN2O4S2/c1-5-3-8(19-10(5)12)20(17,18)14-7-4-13-6(2)9(7)11(15)16/h3-4,13-14H,1-2H3,(H,15,16). The van der Waals surface area contributed by atoms with Crippen molar-refractivity contribution in [2.45, 2.75) is 18.1 Å². The summed E-state index contributed by atoms with van der Waals surface area (Å²) in [6.07, 6.45) is 1.33. The van der Waals surface area contributed by atoms with Gasteiger partial charge in [0.2, 0.25) is 0 Å². The Morgan fingerprint density at radius 3 is 2.60 bits per heavy atom. The minimum Gasteiger partial charge on any atom is -0.478 e. The van der Waals surface area contributed by atoms with Gasteiger partial charge in [-0.3, -0.25) is 4.72 Å². The molecule has 0 saturated heterocycles. The number of H-pyrrole nitrogens is 1. The molecule has 0 aliphatic carbocycles. The zero-order valence-corrected chi connectivity index (χ0v) is 13.7. The lowest BCUT2D eigenvalue weighted by Crippen LogP contribution is -2.13. The second-order valence-corrected chi connectivity index (χ2v) is 8.41. The number of thiophene rings is 1. The highest BCUT2D eigenvalue weighted by atomic mass is 79.9. The van der Waals surface area contributed by atoms with Gasteiger partial charge in [-0.25, -0.2) is 13.2 Å². The number of carboxylic acids is 1. The van der Waals surface area contributed by atoms with E-state index in [1.165, 1.54) is 12.3 Å². The number of aromatic amines is 1. The van der Waals surface area contributed by atoms with Crippen molar-refractivity contribution in [3.8, 4) is 0 Å². The predicted octanol–water partition coefficient (Wildman–Crippen LogP) is 2.95. The van der Waals surface area contributed by atoms with Crippen molar-refractivity contribution in [3.05, 3.63) is 32.9 Å². The molecule has 9 heteroatoms. The van der Waals surface area contributed by atoms with E-state index in [0.29, 0.717) is 5.69 Å². The fourth-order valence-corrected chi connectivity index (χ4v) is 4.93. The minimum atomic E-state index is -3.80. The van der Waals surface area contributed by atoms with Gasteiger partial charge >= 0.3 is 5.97 Å². The van der Waals surface area contributed by atoms with Crippen molar-refractivity contribution in [2.75, 3.05) is 4.72 Å². The summed E-state index contributed by atoms with van der Waals surface area (Å²) < 4.78 is 27.6. The molecule has 0 radical (unpaired) electrons. The van der Waals surface area contributed by atoms with Gasteiger partial charge in [0.25, 0.3) is 10.0 Å². The Hall–Kier alpha value is -1.32. The molecule has 2 heterocycles. The maximum atomic E-state index is 12.2. The summed E-state index contributed by atoms with van der Waals surface area (Å²) in [6, 6.07) is 1.52. The fraction of sp³-hybridized carbons (Fsp3) is 0.182. The van der Waals surface area contributed by atoms with Gasteiger partial charge in [0.1, 0.15) is 9.77 Å². The number of aromatic nitrogens is 1. The van der Waals surface area contributed by atoms with Gasteiger partial charge in [-0.2, -0.15) is 0 Å². The van der Waals surface area contributed by atoms with E-state index >= 15 is 0 Å². The molecule has 0 amide bonds. The molecule has 0 aromatic carbocycles. The number of aromatic carboxylic acids is 1. The van der Waals surface area contributed by atoms with E-state index in [1.807, 2.05) is 0 Å². The SMILES string of the molecule is Cc1cc(S(=O)(=O)Nc2c[nH]c(C)c2C(=O)O)sc1Br. The highest BCUT2D eigenvalue weighted by Crippen LogP contribution is 2.32. The molecule has 0 aliphatic heterocycles. The molecule has 2 aromatic rings. The van der Waals surface area contributed by atoms with Gasteiger partial charge < -0.3 is 10.1 Å². The summed E-state index contributed by atoms with van der Waals surface area (Å²) in [7, 11) is -3.80. The van der Waals surface area contributed by atoms with Crippen LogP contribution in [-0.2, 0) is 10.0 Å². The minimum absolute atomic E-state index is 0.0252. The third kappa shape index (κ3) is 2.74. The average Bonchev–Trinajstić information content (AvgIpc) is 2.83. The van der Waals surface area contributed by atoms with E-state index in [4.69, 9.17) is 5.11 Å². The molecule has 0 fully saturated rings. The molecule has 2 rings (SSSR count). The summed E-state index contributed by atoms with van der Waals surface area (Å²) in [5.41, 5.74) is 1.14. The van der Waals surface area contributed by atoms with Crippen LogP contribution in [0.2, 0.25) is 0 Å². The lowest BCUT2D eigenvalue weighted by atomic mass is 10.2. The monoisotopic (exact) mass is 378 g/mol. The van der Waals surface area contributed by atoms with E-state index in [1.54, 1.807) is 13.8 Å². The summed E-state index contributed by atoms with van der Waals surface area (Å²) >= 11 is 4.33. The molecular formula is C11H11BrN2O4S2. The number of carboxylic acid groups (broad SMARTS) is 1. The topological polar surface area (TPSA) is 99.3 Å². The Morgan fingerprint density at radius 1 is 1.45 bits per heavy atom. The van der Waals surface area contributed by atoms with E-state index < -0.39 is 16.0 Å². The molecule has 108 valence electrons. The first-order valence-electron chi connectivity index (χ1n) is 5.42. The Balaban J connectivity index is 2.41. The van der Waals surface area contributed by atoms with Crippen molar-refractivity contribution in [1.82, 2.24) is 4.98 Å². The van der Waals surface area contributed by atoms with Gasteiger partial charge in [0, 0.05) is 11.9 Å². The molecular weight excluding hydrogens is 368 g/mol. The second kappa shape index (κ2) is 5.23. The van der Waals surface area contributed by atoms with E-state index in [9.17, 15) is 13.2 Å². The zero-order valence-electron chi connectivity index (χ0n) is 10.5. The summed E-state index contributed by atoms with van der Waals surface area (Å²) in [4.78, 5) is 13.8. The first-order valence-corrected chi connectivity index (χ1v) is 8.51. The summed E-state index contributed by atoms with van der Waals surface area (Å²) in [5.74, 6) is -1.19. The third-order valence-electron chi connectivity index (χ3n) is 2.63. The smallest absolute Gasteiger partial charge is 0.339 e. The van der Waals surface area contributed by atoms with Crippen LogP contribution in [0.1, 0.15) is 21.6 Å². The molecule has 0 atom stereocenters. The molecule has 3 N–H and O–H groups in total. The highest BCUT2D eigenvalue weighted by molar-refractivity contribution is 9.11. The van der Waals surface area contributed by atoms with Crippen molar-refractivity contribution < 1.29 is 18.3 Å². The number of sulfonamides is 1. The molecule has 0 unspecified atom stereocenters. The number of rotatable bonds is 4. The molecule has 0 bridgehead atoms. The maximum Gasteiger partial charge on any atom is 0.339 e. The zero-order chi connectivity index (χ0) is 15.1. The summed E-state index contributed by atoms with van der Waals surface area (Å²) in [6.45, 7) is 3.34. The number of nitrogens with one attached hydrogen (secondary N) is 2. The van der Waals surface area contributed by atoms with Gasteiger partial charge in [-0.1, -0.05) is 0 Å². The number of anilines is 1. The van der Waals surface area contributed by atoms with Gasteiger partial charge in [0.05, 0.1) is 9.47 Å². The predicted molar refractivity (Wildman–Crippen MR) is 80.1 cm³/mol. The van der Waals surface area contributed by atoms with Crippen LogP contribution >= 0.6 is 27.3 Å². The lowest BCUT2D eigenvalue weighted by molar-refractivity contribution is 0.0697. The van der Waals surface area contributed by atoms with E-state index in [0.717, 1.165) is 20.7 Å². The van der Waals surface area contributed by atoms with Crippen LogP contribution in [0.15, 0.2) is 20.3 Å². The first-order chi connectivity index (χ1) is 9.22. The quantitative estimate of drug-likeness (QED) is 0.761. The van der Waals surface area contributed by atoms with Crippen LogP contribution in [-0.4, -0.2) is 24.5 Å². The van der Waals surface area contributed by atoms with Crippen LogP contribution in [0.25, 0.3) is 0 Å². The van der Waals surface area contributed by atoms with E-state index in [-0.39, 0.29) is 15.5 Å². The Bertz CT molecular complexity index is 757. The van der Waals surface area contributed by atoms with Crippen LogP contribution < -0.4 is 4.72 Å². The van der Waals surface area contributed by atoms with Gasteiger partial charge in [-0.15, -0.1) is 11.3 Å². The molecule has 0 spiro atoms. The van der Waals surface area contributed by atoms with Crippen molar-refractivity contribution in [3.63, 3.8) is 0 Å². The van der Waals surface area contributed by atoms with Crippen LogP contribution in [0.5, 0.6) is 0 Å². The van der Waals surface area contributed by atoms with Crippen LogP contribution in [0.4, 0.5) is 5.69 Å². The van der Waals surface area contributed by atoms with Crippen LogP contribution in [0.3, 0.4) is 0 Å². The van der Waals surface area contributed by atoms with Gasteiger partial charge in [-0.05, 0) is 41.4 Å². The molecule has 0 aliphatic rings. The number of halogens is 1. The number of carbonyl (C=O) groups is 1. The van der Waals surface area contributed by atoms with Crippen LogP contribution in [0, 0.1) is 13.8 Å². The average molecular weight is 379 g/mol. The maximum absolute atomic E-state index is 12.2. The Kier molecular flexibility index (Phi) is 3.94. The third-order valence-corrected chi connectivity index (χ3v) is 6.61. The molecule has 2 aromatic heterocycles. The Morgan fingerprint density at radius 2 is 2.10 bits per heavy atom. The van der Waals surface area contributed by atoms with Crippen molar-refractivity contribution >= 4 is 48.9 Å². The molecule has 0 saturated carbocycles. The molecule has 6 nitrogen and oxygen atoms in total. The molecule has 20 heavy (non-hydrogen) atoms. The van der Waals surface area contributed by atoms with E-state index in [2.05, 4.69) is 25.6 Å². The van der Waals surface area contributed by atoms with Crippen molar-refractivity contribution in [2.24, 2.45) is 0 Å². The highest BCUT2D eigenvalue weighted by Gasteiger charge is 2.23. The van der Waals surface area contributed by atoms with Crippen molar-refractivity contribution in [1.29, 1.82) is 0 Å². The van der Waals surface area contributed by atoms with Gasteiger partial charge in [0.15, 0.2) is 0 Å². The number of hydrogen-bond acceptors (Lipinski definition) is 4. The fourth-order valence-electron chi connectivity index (χ4n) is 1.64. The number of aryl methyl sites for hydroxylation is 2. The summed E-state index contributed by atoms with van der Waals surface area (Å²) in [5, 5.41) is 9.09. The Labute approximate surface area is 128 Å². The normalized spacial score (nSPS) is 11.6. The largest absolute Gasteiger partial charge is 0.478 e. The number of hydrogen-bond donors (Lipinski definition) is 3. The lowest BCUT2D eigenvalue weighted by Gasteiger charge is -2.05.